The zero-order valence-corrected chi connectivity index (χ0v) is 17.3. The van der Waals surface area contributed by atoms with E-state index < -0.39 is 18.1 Å². The fraction of sp³-hybridized carbons (Fsp3) is 0.375. The van der Waals surface area contributed by atoms with E-state index in [9.17, 15) is 14.4 Å². The first-order valence-corrected chi connectivity index (χ1v) is 10.6. The van der Waals surface area contributed by atoms with Crippen molar-refractivity contribution in [3.63, 3.8) is 0 Å². The van der Waals surface area contributed by atoms with Crippen molar-refractivity contribution in [1.82, 2.24) is 30.3 Å². The van der Waals surface area contributed by atoms with Gasteiger partial charge in [0.25, 0.3) is 7.98 Å². The lowest BCUT2D eigenvalue weighted by molar-refractivity contribution is -0.152. The van der Waals surface area contributed by atoms with Crippen LogP contribution in [-0.2, 0) is 25.5 Å². The molecule has 0 spiro atoms. The number of fused-ring (bicyclic) bond motifs is 1. The number of nitrogens with zero attached hydrogens (tertiary/aromatic N) is 5. The predicted molar refractivity (Wildman–Crippen MR) is 107 cm³/mol. The monoisotopic (exact) mass is 432 g/mol. The van der Waals surface area contributed by atoms with Crippen LogP contribution in [-0.4, -0.2) is 68.8 Å². The summed E-state index contributed by atoms with van der Waals surface area (Å²) < 4.78 is 6.43. The van der Waals surface area contributed by atoms with Crippen LogP contribution in [0.5, 0.6) is 0 Å². The molecule has 4 rings (SSSR count). The zero-order chi connectivity index (χ0) is 20.5. The summed E-state index contributed by atoms with van der Waals surface area (Å²) in [6.45, 7) is 1.35. The average molecular weight is 432 g/mol. The second kappa shape index (κ2) is 7.99. The minimum Gasteiger partial charge on any atom is -0.461 e. The van der Waals surface area contributed by atoms with Crippen LogP contribution in [0.4, 0.5) is 0 Å². The van der Waals surface area contributed by atoms with Crippen LogP contribution in [0.2, 0.25) is 0 Å². The van der Waals surface area contributed by atoms with Gasteiger partial charge in [-0.05, 0) is 16.9 Å². The lowest BCUT2D eigenvalue weighted by Crippen LogP contribution is -2.71. The predicted octanol–water partition coefficient (Wildman–Crippen LogP) is -0.738. The van der Waals surface area contributed by atoms with Gasteiger partial charge in [-0.3, -0.25) is 14.4 Å². The van der Waals surface area contributed by atoms with E-state index >= 15 is 0 Å². The summed E-state index contributed by atoms with van der Waals surface area (Å²) in [5.74, 6) is -0.506. The number of hydrogen-bond acceptors (Lipinski definition) is 9. The zero-order valence-electron chi connectivity index (χ0n) is 15.6. The van der Waals surface area contributed by atoms with E-state index in [4.69, 9.17) is 4.74 Å². The van der Waals surface area contributed by atoms with Crippen molar-refractivity contribution in [2.75, 3.05) is 6.61 Å². The molecule has 2 aromatic heterocycles. The molecule has 13 heteroatoms. The van der Waals surface area contributed by atoms with Gasteiger partial charge in [0.05, 0.1) is 6.42 Å². The Morgan fingerprint density at radius 3 is 2.90 bits per heavy atom. The molecule has 0 aromatic carbocycles. The molecule has 3 atom stereocenters. The third kappa shape index (κ3) is 3.92. The van der Waals surface area contributed by atoms with Crippen molar-refractivity contribution in [1.29, 1.82) is 0 Å². The molecule has 1 saturated heterocycles. The number of thioether (sulfide) groups is 1. The normalized spacial score (nSPS) is 23.1. The van der Waals surface area contributed by atoms with E-state index in [-0.39, 0.29) is 30.2 Å². The Labute approximate surface area is 175 Å². The molecule has 1 fully saturated rings. The second-order valence-electron chi connectivity index (χ2n) is 6.59. The van der Waals surface area contributed by atoms with Gasteiger partial charge < -0.3 is 15.0 Å². The maximum Gasteiger partial charge on any atom is 0.302 e. The summed E-state index contributed by atoms with van der Waals surface area (Å²) in [6, 6.07) is 2.55. The van der Waals surface area contributed by atoms with Crippen LogP contribution >= 0.6 is 23.1 Å². The molecule has 0 aliphatic carbocycles. The summed E-state index contributed by atoms with van der Waals surface area (Å²) >= 11 is 2.89. The largest absolute Gasteiger partial charge is 0.461 e. The average Bonchev–Trinajstić information content (AvgIpc) is 3.35. The number of amides is 2. The van der Waals surface area contributed by atoms with E-state index in [0.29, 0.717) is 11.4 Å². The molecular weight excluding hydrogens is 415 g/mol. The molecule has 0 bridgehead atoms. The van der Waals surface area contributed by atoms with Gasteiger partial charge in [0.2, 0.25) is 11.8 Å². The number of β-lactam (4-membered cyclic amide) rings is 1. The van der Waals surface area contributed by atoms with Crippen LogP contribution in [0.1, 0.15) is 23.7 Å². The van der Waals surface area contributed by atoms with Gasteiger partial charge in [-0.15, -0.1) is 33.3 Å². The first-order chi connectivity index (χ1) is 13.9. The maximum atomic E-state index is 12.9. The molecule has 4 heterocycles. The molecular formula is C16H17BN6O4S2. The van der Waals surface area contributed by atoms with Gasteiger partial charge in [-0.1, -0.05) is 11.3 Å². The highest BCUT2D eigenvalue weighted by molar-refractivity contribution is 8.02. The number of carbonyl (C=O) groups excluding carboxylic acids is 3. The number of esters is 1. The SMILES string of the molecule is Bn1nnc([C@H]2C(COC(C)=O)=CS[C@@H]3[C@H](NC(=O)Cc4cccs4)C(=O)N23)n1. The van der Waals surface area contributed by atoms with Crippen LogP contribution in [0, 0.1) is 0 Å². The Hall–Kier alpha value is -2.67. The number of aromatic nitrogens is 4. The van der Waals surface area contributed by atoms with Gasteiger partial charge in [-0.25, -0.2) is 4.71 Å². The summed E-state index contributed by atoms with van der Waals surface area (Å²) in [5, 5.41) is 18.4. The third-order valence-corrected chi connectivity index (χ3v) is 6.60. The van der Waals surface area contributed by atoms with Crippen molar-refractivity contribution in [3.8, 4) is 0 Å². The molecule has 1 N–H and O–H groups in total. The van der Waals surface area contributed by atoms with Gasteiger partial charge in [-0.2, -0.15) is 0 Å². The Morgan fingerprint density at radius 2 is 2.24 bits per heavy atom. The number of hydrogen-bond donors (Lipinski definition) is 1. The highest BCUT2D eigenvalue weighted by Gasteiger charge is 2.55. The smallest absolute Gasteiger partial charge is 0.302 e. The number of tetrazole rings is 1. The summed E-state index contributed by atoms with van der Waals surface area (Å²) in [7, 11) is 1.63. The molecule has 10 nitrogen and oxygen atoms in total. The maximum absolute atomic E-state index is 12.9. The fourth-order valence-corrected chi connectivity index (χ4v) is 5.14. The molecule has 150 valence electrons. The Balaban J connectivity index is 1.51. The highest BCUT2D eigenvalue weighted by Crippen LogP contribution is 2.45. The summed E-state index contributed by atoms with van der Waals surface area (Å²) in [5.41, 5.74) is 0.686. The summed E-state index contributed by atoms with van der Waals surface area (Å²) in [6.07, 6.45) is 0.238. The third-order valence-electron chi connectivity index (χ3n) is 4.51. The van der Waals surface area contributed by atoms with Crippen LogP contribution in [0.3, 0.4) is 0 Å². The molecule has 2 aliphatic heterocycles. The fourth-order valence-electron chi connectivity index (χ4n) is 3.23. The first-order valence-electron chi connectivity index (χ1n) is 8.79. The molecule has 2 amide bonds. The number of nitrogens with one attached hydrogen (secondary N) is 1. The second-order valence-corrected chi connectivity index (χ2v) is 8.61. The lowest BCUT2D eigenvalue weighted by Gasteiger charge is -2.51. The van der Waals surface area contributed by atoms with E-state index in [1.165, 1.54) is 34.7 Å². The van der Waals surface area contributed by atoms with E-state index in [0.717, 1.165) is 4.88 Å². The van der Waals surface area contributed by atoms with Crippen LogP contribution in [0.15, 0.2) is 28.5 Å². The molecule has 0 radical (unpaired) electrons. The number of carbonyl (C=O) groups is 3. The minimum atomic E-state index is -0.627. The van der Waals surface area contributed by atoms with Gasteiger partial charge in [0, 0.05) is 17.4 Å². The van der Waals surface area contributed by atoms with Crippen molar-refractivity contribution < 1.29 is 19.1 Å². The van der Waals surface area contributed by atoms with E-state index in [1.807, 2.05) is 22.9 Å². The number of thiophene rings is 1. The van der Waals surface area contributed by atoms with Crippen LogP contribution in [0.25, 0.3) is 0 Å². The number of rotatable bonds is 6. The highest BCUT2D eigenvalue weighted by atomic mass is 32.2. The first kappa shape index (κ1) is 19.6. The molecule has 2 aliphatic rings. The van der Waals surface area contributed by atoms with Crippen molar-refractivity contribution >= 4 is 48.9 Å². The number of ether oxygens (including phenoxy) is 1. The minimum absolute atomic E-state index is 0.0250. The van der Waals surface area contributed by atoms with E-state index in [2.05, 4.69) is 20.7 Å². The summed E-state index contributed by atoms with van der Waals surface area (Å²) in [4.78, 5) is 39.0. The van der Waals surface area contributed by atoms with Gasteiger partial charge >= 0.3 is 5.97 Å². The molecule has 0 saturated carbocycles. The Kier molecular flexibility index (Phi) is 5.41. The van der Waals surface area contributed by atoms with Gasteiger partial charge in [0.1, 0.15) is 24.1 Å². The lowest BCUT2D eigenvalue weighted by atomic mass is 9.97. The van der Waals surface area contributed by atoms with Crippen LogP contribution < -0.4 is 5.32 Å². The Morgan fingerprint density at radius 1 is 1.41 bits per heavy atom. The Bertz CT molecular complexity index is 978. The van der Waals surface area contributed by atoms with Crippen molar-refractivity contribution in [2.45, 2.75) is 30.8 Å². The molecule has 2 aromatic rings. The molecule has 0 unspecified atom stereocenters. The van der Waals surface area contributed by atoms with Crippen molar-refractivity contribution in [2.24, 2.45) is 0 Å². The quantitative estimate of drug-likeness (QED) is 0.360. The standard InChI is InChI=1S/C16H17BN6O4S2/c1-8(24)27-6-9-7-29-16-12(18-11(25)5-10-3-2-4-28-10)15(26)22(16)13(9)14-19-21-23(17)20-14/h2-4,7,12-13,16H,5-6,17H2,1H3,(H,18,25)/t12-,13-,16-/m1/s1. The van der Waals surface area contributed by atoms with Gasteiger partial charge in [0.15, 0.2) is 5.82 Å². The van der Waals surface area contributed by atoms with E-state index in [1.54, 1.807) is 12.9 Å². The topological polar surface area (TPSA) is 119 Å². The van der Waals surface area contributed by atoms with Crippen molar-refractivity contribution in [3.05, 3.63) is 39.2 Å². The molecule has 29 heavy (non-hydrogen) atoms.